The standard InChI is InChI=1S/C21H24ClN3O4S/c1-15-13-17(22)7-10-19(15)24-21(27)20(26)23-14-16-5-8-18(9-6-16)30(28,29)25-11-3-2-4-12-25/h5-10,13H,2-4,11-12,14H2,1H3,(H,23,26)(H,24,27). The Hall–Kier alpha value is -2.42. The van der Waals surface area contributed by atoms with Crippen molar-refractivity contribution in [3.05, 3.63) is 58.6 Å². The van der Waals surface area contributed by atoms with E-state index in [1.807, 2.05) is 0 Å². The lowest BCUT2D eigenvalue weighted by Crippen LogP contribution is -2.35. The Bertz CT molecular complexity index is 1030. The zero-order valence-corrected chi connectivity index (χ0v) is 18.2. The lowest BCUT2D eigenvalue weighted by Gasteiger charge is -2.25. The minimum absolute atomic E-state index is 0.107. The average Bonchev–Trinajstić information content (AvgIpc) is 2.75. The third-order valence-corrected chi connectivity index (χ3v) is 7.12. The minimum Gasteiger partial charge on any atom is -0.344 e. The van der Waals surface area contributed by atoms with Crippen LogP contribution in [0, 0.1) is 6.92 Å². The van der Waals surface area contributed by atoms with E-state index in [0.29, 0.717) is 29.4 Å². The quantitative estimate of drug-likeness (QED) is 0.685. The molecule has 9 heteroatoms. The van der Waals surface area contributed by atoms with E-state index in [9.17, 15) is 18.0 Å². The van der Waals surface area contributed by atoms with E-state index in [-0.39, 0.29) is 11.4 Å². The number of rotatable bonds is 5. The van der Waals surface area contributed by atoms with E-state index in [1.54, 1.807) is 37.3 Å². The van der Waals surface area contributed by atoms with E-state index >= 15 is 0 Å². The van der Waals surface area contributed by atoms with Crippen molar-refractivity contribution in [2.75, 3.05) is 18.4 Å². The molecule has 1 aliphatic heterocycles. The van der Waals surface area contributed by atoms with E-state index in [0.717, 1.165) is 24.8 Å². The van der Waals surface area contributed by atoms with Crippen LogP contribution in [0.25, 0.3) is 0 Å². The van der Waals surface area contributed by atoms with Crippen LogP contribution in [0.1, 0.15) is 30.4 Å². The number of amides is 2. The number of benzene rings is 2. The molecular formula is C21H24ClN3O4S. The number of hydrogen-bond donors (Lipinski definition) is 2. The summed E-state index contributed by atoms with van der Waals surface area (Å²) in [5.41, 5.74) is 1.94. The fourth-order valence-corrected chi connectivity index (χ4v) is 4.99. The van der Waals surface area contributed by atoms with Gasteiger partial charge >= 0.3 is 11.8 Å². The van der Waals surface area contributed by atoms with Crippen LogP contribution in [0.5, 0.6) is 0 Å². The topological polar surface area (TPSA) is 95.6 Å². The Labute approximate surface area is 181 Å². The summed E-state index contributed by atoms with van der Waals surface area (Å²) in [6.45, 7) is 2.97. The van der Waals surface area contributed by atoms with Crippen molar-refractivity contribution in [3.63, 3.8) is 0 Å². The summed E-state index contributed by atoms with van der Waals surface area (Å²) in [6.07, 6.45) is 2.80. The SMILES string of the molecule is Cc1cc(Cl)ccc1NC(=O)C(=O)NCc1ccc(S(=O)(=O)N2CCCCC2)cc1. The van der Waals surface area contributed by atoms with Crippen molar-refractivity contribution >= 4 is 39.1 Å². The molecule has 1 fully saturated rings. The second-order valence-electron chi connectivity index (χ2n) is 7.20. The van der Waals surface area contributed by atoms with Crippen LogP contribution in [0.15, 0.2) is 47.4 Å². The number of aryl methyl sites for hydroxylation is 1. The van der Waals surface area contributed by atoms with E-state index < -0.39 is 21.8 Å². The van der Waals surface area contributed by atoms with Gasteiger partial charge in [-0.05, 0) is 61.2 Å². The maximum absolute atomic E-state index is 12.7. The number of carbonyl (C=O) groups is 2. The highest BCUT2D eigenvalue weighted by molar-refractivity contribution is 7.89. The van der Waals surface area contributed by atoms with Crippen molar-refractivity contribution < 1.29 is 18.0 Å². The van der Waals surface area contributed by atoms with Gasteiger partial charge in [0.25, 0.3) is 0 Å². The first-order valence-electron chi connectivity index (χ1n) is 9.72. The molecule has 0 spiro atoms. The third-order valence-electron chi connectivity index (χ3n) is 4.97. The van der Waals surface area contributed by atoms with E-state index in [1.165, 1.54) is 16.4 Å². The molecule has 2 amide bonds. The molecule has 3 rings (SSSR count). The van der Waals surface area contributed by atoms with Gasteiger partial charge in [-0.25, -0.2) is 8.42 Å². The van der Waals surface area contributed by atoms with Crippen LogP contribution in [0.3, 0.4) is 0 Å². The van der Waals surface area contributed by atoms with Gasteiger partial charge in [0.15, 0.2) is 0 Å². The zero-order chi connectivity index (χ0) is 21.7. The maximum atomic E-state index is 12.7. The van der Waals surface area contributed by atoms with Crippen LogP contribution in [-0.2, 0) is 26.2 Å². The molecule has 7 nitrogen and oxygen atoms in total. The number of piperidine rings is 1. The van der Waals surface area contributed by atoms with Gasteiger partial charge in [0.1, 0.15) is 0 Å². The molecule has 0 aliphatic carbocycles. The highest BCUT2D eigenvalue weighted by Gasteiger charge is 2.25. The van der Waals surface area contributed by atoms with Gasteiger partial charge in [-0.3, -0.25) is 9.59 Å². The van der Waals surface area contributed by atoms with Crippen molar-refractivity contribution in [2.45, 2.75) is 37.6 Å². The van der Waals surface area contributed by atoms with Gasteiger partial charge in [-0.15, -0.1) is 0 Å². The summed E-state index contributed by atoms with van der Waals surface area (Å²) in [6, 6.07) is 11.3. The van der Waals surface area contributed by atoms with E-state index in [2.05, 4.69) is 10.6 Å². The van der Waals surface area contributed by atoms with E-state index in [4.69, 9.17) is 11.6 Å². The summed E-state index contributed by atoms with van der Waals surface area (Å²) in [7, 11) is -3.49. The first-order valence-corrected chi connectivity index (χ1v) is 11.5. The predicted octanol–water partition coefficient (Wildman–Crippen LogP) is 3.08. The van der Waals surface area contributed by atoms with Crippen LogP contribution in [0.2, 0.25) is 5.02 Å². The molecule has 2 aromatic rings. The smallest absolute Gasteiger partial charge is 0.313 e. The zero-order valence-electron chi connectivity index (χ0n) is 16.7. The molecule has 30 heavy (non-hydrogen) atoms. The fraction of sp³-hybridized carbons (Fsp3) is 0.333. The average molecular weight is 450 g/mol. The summed E-state index contributed by atoms with van der Waals surface area (Å²) < 4.78 is 26.9. The summed E-state index contributed by atoms with van der Waals surface area (Å²) in [4.78, 5) is 24.4. The Kier molecular flexibility index (Phi) is 7.12. The second kappa shape index (κ2) is 9.59. The second-order valence-corrected chi connectivity index (χ2v) is 9.58. The van der Waals surface area contributed by atoms with Gasteiger partial charge in [0.2, 0.25) is 10.0 Å². The Morgan fingerprint density at radius 1 is 1.00 bits per heavy atom. The monoisotopic (exact) mass is 449 g/mol. The van der Waals surface area contributed by atoms with Crippen molar-refractivity contribution in [2.24, 2.45) is 0 Å². The Balaban J connectivity index is 1.56. The van der Waals surface area contributed by atoms with Crippen LogP contribution >= 0.6 is 11.6 Å². The van der Waals surface area contributed by atoms with Crippen LogP contribution in [0.4, 0.5) is 5.69 Å². The Morgan fingerprint density at radius 2 is 1.67 bits per heavy atom. The molecule has 0 radical (unpaired) electrons. The molecule has 2 N–H and O–H groups in total. The minimum atomic E-state index is -3.49. The predicted molar refractivity (Wildman–Crippen MR) is 116 cm³/mol. The number of nitrogens with zero attached hydrogens (tertiary/aromatic N) is 1. The molecule has 160 valence electrons. The van der Waals surface area contributed by atoms with Gasteiger partial charge in [-0.1, -0.05) is 30.2 Å². The first kappa shape index (κ1) is 22.3. The molecule has 0 atom stereocenters. The number of carbonyl (C=O) groups excluding carboxylic acids is 2. The summed E-state index contributed by atoms with van der Waals surface area (Å²) >= 11 is 5.88. The number of nitrogens with one attached hydrogen (secondary N) is 2. The first-order chi connectivity index (χ1) is 14.3. The van der Waals surface area contributed by atoms with Gasteiger partial charge in [-0.2, -0.15) is 4.31 Å². The van der Waals surface area contributed by atoms with Gasteiger partial charge in [0.05, 0.1) is 4.90 Å². The molecule has 2 aromatic carbocycles. The number of hydrogen-bond acceptors (Lipinski definition) is 4. The highest BCUT2D eigenvalue weighted by atomic mass is 35.5. The number of anilines is 1. The van der Waals surface area contributed by atoms with Crippen LogP contribution in [-0.4, -0.2) is 37.6 Å². The molecule has 0 saturated carbocycles. The third kappa shape index (κ3) is 5.38. The molecule has 0 aromatic heterocycles. The molecule has 1 saturated heterocycles. The van der Waals surface area contributed by atoms with Gasteiger partial charge in [0, 0.05) is 30.3 Å². The molecule has 1 heterocycles. The summed E-state index contributed by atoms with van der Waals surface area (Å²) in [5.74, 6) is -1.57. The summed E-state index contributed by atoms with van der Waals surface area (Å²) in [5, 5.41) is 5.62. The van der Waals surface area contributed by atoms with Gasteiger partial charge < -0.3 is 10.6 Å². The van der Waals surface area contributed by atoms with Crippen molar-refractivity contribution in [3.8, 4) is 0 Å². The maximum Gasteiger partial charge on any atom is 0.313 e. The molecule has 1 aliphatic rings. The molecule has 0 bridgehead atoms. The number of halogens is 1. The lowest BCUT2D eigenvalue weighted by molar-refractivity contribution is -0.136. The normalized spacial score (nSPS) is 14.9. The van der Waals surface area contributed by atoms with Crippen molar-refractivity contribution in [1.29, 1.82) is 0 Å². The Morgan fingerprint density at radius 3 is 2.30 bits per heavy atom. The lowest BCUT2D eigenvalue weighted by atomic mass is 10.2. The highest BCUT2D eigenvalue weighted by Crippen LogP contribution is 2.21. The molecular weight excluding hydrogens is 426 g/mol. The fourth-order valence-electron chi connectivity index (χ4n) is 3.24. The van der Waals surface area contributed by atoms with Crippen molar-refractivity contribution in [1.82, 2.24) is 9.62 Å². The largest absolute Gasteiger partial charge is 0.344 e. The molecule has 0 unspecified atom stereocenters. The van der Waals surface area contributed by atoms with Crippen LogP contribution < -0.4 is 10.6 Å². The number of sulfonamides is 1.